The Morgan fingerprint density at radius 2 is 1.92 bits per heavy atom. The van der Waals surface area contributed by atoms with E-state index in [2.05, 4.69) is 14.1 Å². The molecule has 5 rings (SSSR count). The Balaban J connectivity index is 1.48. The lowest BCUT2D eigenvalue weighted by Crippen LogP contribution is -2.55. The summed E-state index contributed by atoms with van der Waals surface area (Å²) in [4.78, 5) is 5.60. The maximum absolute atomic E-state index is 13.8. The Hall–Kier alpha value is -2.81. The number of anilines is 1. The van der Waals surface area contributed by atoms with Gasteiger partial charge in [-0.1, -0.05) is 18.2 Å². The molecule has 0 bridgehead atoms. The second-order valence-corrected chi connectivity index (χ2v) is 11.5. The van der Waals surface area contributed by atoms with Crippen molar-refractivity contribution in [2.24, 2.45) is 0 Å². The largest absolute Gasteiger partial charge is 0.493 e. The van der Waals surface area contributed by atoms with Crippen LogP contribution in [0.1, 0.15) is 42.5 Å². The van der Waals surface area contributed by atoms with E-state index in [1.165, 1.54) is 42.7 Å². The number of benzene rings is 2. The van der Waals surface area contributed by atoms with Crippen LogP contribution in [0.15, 0.2) is 53.7 Å². The van der Waals surface area contributed by atoms with Crippen LogP contribution in [0.5, 0.6) is 5.75 Å². The van der Waals surface area contributed by atoms with Crippen molar-refractivity contribution in [3.63, 3.8) is 0 Å². The normalized spacial score (nSPS) is 24.8. The van der Waals surface area contributed by atoms with Gasteiger partial charge in [-0.3, -0.25) is 9.62 Å². The fraction of sp³-hybridized carbons (Fsp3) is 0.391. The van der Waals surface area contributed by atoms with Gasteiger partial charge in [0.25, 0.3) is 10.0 Å². The molecule has 1 aromatic heterocycles. The number of rotatable bonds is 5. The van der Waals surface area contributed by atoms with Crippen LogP contribution in [-0.2, 0) is 10.0 Å². The molecule has 198 valence electrons. The van der Waals surface area contributed by atoms with Crippen LogP contribution in [0.4, 0.5) is 22.7 Å². The second-order valence-electron chi connectivity index (χ2n) is 8.99. The molecule has 3 heterocycles. The average molecular weight is 559 g/mol. The molecule has 0 aliphatic carbocycles. The van der Waals surface area contributed by atoms with E-state index in [0.717, 1.165) is 11.5 Å². The lowest BCUT2D eigenvalue weighted by molar-refractivity contribution is -0.280. The summed E-state index contributed by atoms with van der Waals surface area (Å²) in [6.07, 6.45) is -4.32. The summed E-state index contributed by atoms with van der Waals surface area (Å²) in [6, 6.07) is 8.27. The maximum atomic E-state index is 13.8. The van der Waals surface area contributed by atoms with E-state index >= 15 is 0 Å². The van der Waals surface area contributed by atoms with Gasteiger partial charge in [-0.25, -0.2) is 17.8 Å². The molecule has 0 radical (unpaired) electrons. The van der Waals surface area contributed by atoms with Crippen LogP contribution in [0.3, 0.4) is 0 Å². The molecular formula is C23H22F4N4O4S2. The fourth-order valence-corrected chi connectivity index (χ4v) is 6.56. The summed E-state index contributed by atoms with van der Waals surface area (Å²) >= 11 is 0.880. The SMILES string of the molecule is O=S(=O)(Nc1ncns1)c1ccc2c(c1)OCCC2N1CC[C@](O)(C(F)(F)F)C[C@@H]1c1ccc(F)cc1. The van der Waals surface area contributed by atoms with E-state index in [9.17, 15) is 31.1 Å². The van der Waals surface area contributed by atoms with Crippen molar-refractivity contribution in [2.45, 2.75) is 48.0 Å². The summed E-state index contributed by atoms with van der Waals surface area (Å²) in [5.74, 6) is -0.226. The highest BCUT2D eigenvalue weighted by Gasteiger charge is 2.57. The van der Waals surface area contributed by atoms with Gasteiger partial charge in [0.05, 0.1) is 11.5 Å². The van der Waals surface area contributed by atoms with Crippen molar-refractivity contribution in [2.75, 3.05) is 17.9 Å². The standard InChI is InChI=1S/C23H22F4N4O4S2/c24-15-3-1-14(2-4-15)19-12-22(32,23(25,26)27)8-9-31(19)18-7-10-35-20-11-16(5-6-17(18)20)37(33,34)30-21-28-13-29-36-21/h1-6,11,13,18-19,32H,7-10,12H2,(H,28,29,30)/t18?,19-,22-/m1/s1. The molecule has 0 amide bonds. The molecule has 0 saturated carbocycles. The Kier molecular flexibility index (Phi) is 6.63. The summed E-state index contributed by atoms with van der Waals surface area (Å²) in [5, 5.41) is 10.6. The number of fused-ring (bicyclic) bond motifs is 1. The van der Waals surface area contributed by atoms with Crippen molar-refractivity contribution in [1.29, 1.82) is 0 Å². The zero-order chi connectivity index (χ0) is 26.4. The van der Waals surface area contributed by atoms with Crippen LogP contribution >= 0.6 is 11.5 Å². The van der Waals surface area contributed by atoms with Crippen molar-refractivity contribution < 1.29 is 35.8 Å². The lowest BCUT2D eigenvalue weighted by atomic mass is 9.81. The smallest absolute Gasteiger partial charge is 0.417 e. The van der Waals surface area contributed by atoms with E-state index < -0.39 is 52.5 Å². The number of hydrogen-bond acceptors (Lipinski definition) is 8. The van der Waals surface area contributed by atoms with Gasteiger partial charge in [0.15, 0.2) is 5.60 Å². The van der Waals surface area contributed by atoms with Gasteiger partial charge in [-0.2, -0.15) is 17.5 Å². The number of ether oxygens (including phenoxy) is 1. The van der Waals surface area contributed by atoms with Gasteiger partial charge in [-0.15, -0.1) is 0 Å². The predicted octanol–water partition coefficient (Wildman–Crippen LogP) is 4.43. The summed E-state index contributed by atoms with van der Waals surface area (Å²) in [5.41, 5.74) is -1.83. The molecule has 2 N–H and O–H groups in total. The summed E-state index contributed by atoms with van der Waals surface area (Å²) < 4.78 is 92.3. The minimum Gasteiger partial charge on any atom is -0.493 e. The van der Waals surface area contributed by atoms with Gasteiger partial charge in [-0.05, 0) is 30.2 Å². The molecule has 1 fully saturated rings. The second kappa shape index (κ2) is 9.49. The first-order valence-corrected chi connectivity index (χ1v) is 13.6. The van der Waals surface area contributed by atoms with Gasteiger partial charge in [0, 0.05) is 54.6 Å². The minimum absolute atomic E-state index is 0.0673. The highest BCUT2D eigenvalue weighted by molar-refractivity contribution is 7.93. The third kappa shape index (κ3) is 5.02. The number of aliphatic hydroxyl groups is 1. The van der Waals surface area contributed by atoms with Crippen LogP contribution < -0.4 is 9.46 Å². The first-order valence-electron chi connectivity index (χ1n) is 11.3. The van der Waals surface area contributed by atoms with E-state index in [1.54, 1.807) is 6.07 Å². The van der Waals surface area contributed by atoms with E-state index in [4.69, 9.17) is 4.74 Å². The van der Waals surface area contributed by atoms with Crippen molar-refractivity contribution >= 4 is 26.7 Å². The first-order chi connectivity index (χ1) is 17.5. The van der Waals surface area contributed by atoms with Crippen LogP contribution in [0.25, 0.3) is 0 Å². The fourth-order valence-electron chi connectivity index (χ4n) is 4.89. The van der Waals surface area contributed by atoms with Crippen LogP contribution in [0, 0.1) is 5.82 Å². The molecule has 1 saturated heterocycles. The number of sulfonamides is 1. The van der Waals surface area contributed by atoms with Gasteiger partial charge >= 0.3 is 6.18 Å². The minimum atomic E-state index is -4.83. The van der Waals surface area contributed by atoms with Crippen LogP contribution in [0.2, 0.25) is 0 Å². The number of alkyl halides is 3. The van der Waals surface area contributed by atoms with E-state index in [-0.39, 0.29) is 23.2 Å². The molecule has 1 unspecified atom stereocenters. The molecule has 14 heteroatoms. The number of aromatic nitrogens is 2. The maximum Gasteiger partial charge on any atom is 0.417 e. The number of nitrogens with one attached hydrogen (secondary N) is 1. The number of piperidine rings is 1. The molecular weight excluding hydrogens is 536 g/mol. The molecule has 8 nitrogen and oxygen atoms in total. The molecule has 3 aromatic rings. The molecule has 2 aliphatic rings. The number of likely N-dealkylation sites (tertiary alicyclic amines) is 1. The first kappa shape index (κ1) is 25.8. The highest BCUT2D eigenvalue weighted by atomic mass is 32.2. The third-order valence-corrected chi connectivity index (χ3v) is 8.83. The zero-order valence-electron chi connectivity index (χ0n) is 19.2. The molecule has 2 aromatic carbocycles. The van der Waals surface area contributed by atoms with Crippen LogP contribution in [-0.4, -0.2) is 52.7 Å². The Bertz CT molecular complexity index is 1370. The topological polar surface area (TPSA) is 105 Å². The van der Waals surface area contributed by atoms with E-state index in [1.807, 2.05) is 4.90 Å². The van der Waals surface area contributed by atoms with Crippen molar-refractivity contribution in [3.8, 4) is 5.75 Å². The lowest BCUT2D eigenvalue weighted by Gasteiger charge is -2.48. The third-order valence-electron chi connectivity index (χ3n) is 6.78. The number of nitrogens with zero attached hydrogens (tertiary/aromatic N) is 3. The van der Waals surface area contributed by atoms with Gasteiger partial charge in [0.1, 0.15) is 17.9 Å². The Labute approximate surface area is 214 Å². The number of halogens is 4. The molecule has 37 heavy (non-hydrogen) atoms. The summed E-state index contributed by atoms with van der Waals surface area (Å²) in [6.45, 7) is 0.127. The zero-order valence-corrected chi connectivity index (χ0v) is 20.8. The monoisotopic (exact) mass is 558 g/mol. The van der Waals surface area contributed by atoms with E-state index in [0.29, 0.717) is 23.3 Å². The average Bonchev–Trinajstić information content (AvgIpc) is 3.35. The summed E-state index contributed by atoms with van der Waals surface area (Å²) in [7, 11) is -3.98. The Morgan fingerprint density at radius 1 is 1.16 bits per heavy atom. The van der Waals surface area contributed by atoms with Gasteiger partial charge < -0.3 is 9.84 Å². The number of hydrogen-bond donors (Lipinski definition) is 2. The van der Waals surface area contributed by atoms with Gasteiger partial charge in [0.2, 0.25) is 5.13 Å². The Morgan fingerprint density at radius 3 is 2.59 bits per heavy atom. The van der Waals surface area contributed by atoms with Crippen molar-refractivity contribution in [3.05, 3.63) is 65.7 Å². The predicted molar refractivity (Wildman–Crippen MR) is 126 cm³/mol. The molecule has 0 spiro atoms. The highest BCUT2D eigenvalue weighted by Crippen LogP contribution is 2.50. The molecule has 3 atom stereocenters. The quantitative estimate of drug-likeness (QED) is 0.447. The van der Waals surface area contributed by atoms with Crippen molar-refractivity contribution in [1.82, 2.24) is 14.3 Å². The molecule has 2 aliphatic heterocycles.